The van der Waals surface area contributed by atoms with Crippen molar-refractivity contribution >= 4 is 11.8 Å². The lowest BCUT2D eigenvalue weighted by atomic mass is 9.93. The Morgan fingerprint density at radius 2 is 1.88 bits per heavy atom. The quantitative estimate of drug-likeness (QED) is 0.782. The minimum absolute atomic E-state index is 0.182. The largest absolute Gasteiger partial charge is 0.392 e. The molecule has 3 nitrogen and oxygen atoms in total. The van der Waals surface area contributed by atoms with Gasteiger partial charge in [0, 0.05) is 25.8 Å². The van der Waals surface area contributed by atoms with Gasteiger partial charge in [-0.1, -0.05) is 0 Å². The third kappa shape index (κ3) is 3.91. The number of ether oxygens (including phenoxy) is 1. The van der Waals surface area contributed by atoms with Gasteiger partial charge in [-0.3, -0.25) is 0 Å². The van der Waals surface area contributed by atoms with Gasteiger partial charge >= 0.3 is 0 Å². The molecule has 2 saturated heterocycles. The summed E-state index contributed by atoms with van der Waals surface area (Å²) in [4.78, 5) is 0. The van der Waals surface area contributed by atoms with Gasteiger partial charge in [0.25, 0.3) is 0 Å². The minimum Gasteiger partial charge on any atom is -0.392 e. The van der Waals surface area contributed by atoms with Crippen LogP contribution in [0.4, 0.5) is 0 Å². The molecule has 1 unspecified atom stereocenters. The molecule has 0 spiro atoms. The van der Waals surface area contributed by atoms with Crippen LogP contribution in [0.1, 0.15) is 25.7 Å². The van der Waals surface area contributed by atoms with Crippen molar-refractivity contribution in [1.29, 1.82) is 0 Å². The standard InChI is InChI=1S/C12H23NO2S/c14-12(10-1-5-15-6-2-10)9-13-11-3-7-16-8-4-11/h10-14H,1-9H2. The van der Waals surface area contributed by atoms with Crippen molar-refractivity contribution in [3.8, 4) is 0 Å². The molecule has 2 aliphatic heterocycles. The lowest BCUT2D eigenvalue weighted by Gasteiger charge is -2.29. The summed E-state index contributed by atoms with van der Waals surface area (Å²) in [7, 11) is 0. The summed E-state index contributed by atoms with van der Waals surface area (Å²) in [5, 5.41) is 13.6. The molecule has 0 aromatic carbocycles. The Morgan fingerprint density at radius 1 is 1.19 bits per heavy atom. The van der Waals surface area contributed by atoms with Gasteiger partial charge in [-0.05, 0) is 43.1 Å². The van der Waals surface area contributed by atoms with E-state index in [-0.39, 0.29) is 6.10 Å². The first-order chi connectivity index (χ1) is 7.86. The van der Waals surface area contributed by atoms with E-state index in [1.165, 1.54) is 24.3 Å². The Morgan fingerprint density at radius 3 is 2.56 bits per heavy atom. The second-order valence-electron chi connectivity index (χ2n) is 4.81. The summed E-state index contributed by atoms with van der Waals surface area (Å²) < 4.78 is 5.31. The molecular weight excluding hydrogens is 222 g/mol. The van der Waals surface area contributed by atoms with Crippen LogP contribution in [0, 0.1) is 5.92 Å². The zero-order valence-electron chi connectivity index (χ0n) is 9.86. The summed E-state index contributed by atoms with van der Waals surface area (Å²) >= 11 is 2.04. The highest BCUT2D eigenvalue weighted by Gasteiger charge is 2.23. The average molecular weight is 245 g/mol. The topological polar surface area (TPSA) is 41.5 Å². The van der Waals surface area contributed by atoms with Crippen LogP contribution in [0.15, 0.2) is 0 Å². The molecule has 0 aromatic heterocycles. The molecule has 2 rings (SSSR count). The maximum Gasteiger partial charge on any atom is 0.0694 e. The zero-order chi connectivity index (χ0) is 11.2. The molecule has 4 heteroatoms. The zero-order valence-corrected chi connectivity index (χ0v) is 10.7. The number of thioether (sulfide) groups is 1. The van der Waals surface area contributed by atoms with Gasteiger partial charge in [0.15, 0.2) is 0 Å². The van der Waals surface area contributed by atoms with E-state index in [0.29, 0.717) is 12.0 Å². The summed E-state index contributed by atoms with van der Waals surface area (Å²) in [5.41, 5.74) is 0. The van der Waals surface area contributed by atoms with Gasteiger partial charge in [0.05, 0.1) is 6.10 Å². The second-order valence-corrected chi connectivity index (χ2v) is 6.04. The Labute approximate surface area is 102 Å². The maximum atomic E-state index is 10.1. The highest BCUT2D eigenvalue weighted by molar-refractivity contribution is 7.99. The van der Waals surface area contributed by atoms with Gasteiger partial charge in [-0.25, -0.2) is 0 Å². The van der Waals surface area contributed by atoms with Crippen LogP contribution >= 0.6 is 11.8 Å². The first kappa shape index (κ1) is 12.7. The number of hydrogen-bond acceptors (Lipinski definition) is 4. The van der Waals surface area contributed by atoms with Crippen LogP contribution < -0.4 is 5.32 Å². The molecule has 0 saturated carbocycles. The first-order valence-corrected chi connectivity index (χ1v) is 7.58. The molecule has 0 aromatic rings. The summed E-state index contributed by atoms with van der Waals surface area (Å²) in [6.45, 7) is 2.41. The average Bonchev–Trinajstić information content (AvgIpc) is 2.38. The Bertz CT molecular complexity index is 191. The van der Waals surface area contributed by atoms with Gasteiger partial charge in [0.2, 0.25) is 0 Å². The first-order valence-electron chi connectivity index (χ1n) is 6.43. The Hall–Kier alpha value is 0.230. The monoisotopic (exact) mass is 245 g/mol. The molecule has 0 amide bonds. The molecule has 2 aliphatic rings. The number of hydrogen-bond donors (Lipinski definition) is 2. The minimum atomic E-state index is -0.182. The molecule has 0 radical (unpaired) electrons. The smallest absolute Gasteiger partial charge is 0.0694 e. The molecule has 0 bridgehead atoms. The Balaban J connectivity index is 1.63. The van der Waals surface area contributed by atoms with Gasteiger partial charge < -0.3 is 15.2 Å². The highest BCUT2D eigenvalue weighted by Crippen LogP contribution is 2.20. The fraction of sp³-hybridized carbons (Fsp3) is 1.00. The number of aliphatic hydroxyl groups is 1. The van der Waals surface area contributed by atoms with Gasteiger partial charge in [-0.2, -0.15) is 11.8 Å². The van der Waals surface area contributed by atoms with E-state index < -0.39 is 0 Å². The van der Waals surface area contributed by atoms with E-state index in [1.807, 2.05) is 11.8 Å². The second kappa shape index (κ2) is 6.84. The summed E-state index contributed by atoms with van der Waals surface area (Å²) in [5.74, 6) is 2.98. The van der Waals surface area contributed by atoms with E-state index in [9.17, 15) is 5.11 Å². The lowest BCUT2D eigenvalue weighted by molar-refractivity contribution is 0.00755. The van der Waals surface area contributed by atoms with Gasteiger partial charge in [-0.15, -0.1) is 0 Å². The predicted molar refractivity (Wildman–Crippen MR) is 67.9 cm³/mol. The van der Waals surface area contributed by atoms with E-state index in [0.717, 1.165) is 32.6 Å². The number of nitrogens with one attached hydrogen (secondary N) is 1. The lowest BCUT2D eigenvalue weighted by Crippen LogP contribution is -2.41. The molecule has 0 aliphatic carbocycles. The number of rotatable bonds is 4. The third-order valence-electron chi connectivity index (χ3n) is 3.65. The molecule has 16 heavy (non-hydrogen) atoms. The third-order valence-corrected chi connectivity index (χ3v) is 4.70. The normalized spacial score (nSPS) is 26.8. The van der Waals surface area contributed by atoms with Crippen LogP contribution in [0.3, 0.4) is 0 Å². The predicted octanol–water partition coefficient (Wildman–Crippen LogP) is 1.26. The SMILES string of the molecule is OC(CNC1CCSCC1)C1CCOCC1. The van der Waals surface area contributed by atoms with E-state index >= 15 is 0 Å². The Kier molecular flexibility index (Phi) is 5.42. The highest BCUT2D eigenvalue weighted by atomic mass is 32.2. The van der Waals surface area contributed by atoms with E-state index in [1.54, 1.807) is 0 Å². The van der Waals surface area contributed by atoms with Crippen LogP contribution in [-0.4, -0.2) is 48.5 Å². The van der Waals surface area contributed by atoms with E-state index in [2.05, 4.69) is 5.32 Å². The van der Waals surface area contributed by atoms with Crippen molar-refractivity contribution in [3.63, 3.8) is 0 Å². The summed E-state index contributed by atoms with van der Waals surface area (Å²) in [6.07, 6.45) is 4.36. The van der Waals surface area contributed by atoms with E-state index in [4.69, 9.17) is 4.74 Å². The van der Waals surface area contributed by atoms with Crippen molar-refractivity contribution in [2.75, 3.05) is 31.3 Å². The van der Waals surface area contributed by atoms with Crippen LogP contribution in [0.2, 0.25) is 0 Å². The van der Waals surface area contributed by atoms with Crippen LogP contribution in [-0.2, 0) is 4.74 Å². The van der Waals surface area contributed by atoms with Crippen molar-refractivity contribution in [3.05, 3.63) is 0 Å². The molecule has 2 heterocycles. The maximum absolute atomic E-state index is 10.1. The molecular formula is C12H23NO2S. The molecule has 2 fully saturated rings. The van der Waals surface area contributed by atoms with Crippen LogP contribution in [0.5, 0.6) is 0 Å². The fourth-order valence-corrected chi connectivity index (χ4v) is 3.56. The van der Waals surface area contributed by atoms with Crippen molar-refractivity contribution in [1.82, 2.24) is 5.32 Å². The number of aliphatic hydroxyl groups excluding tert-OH is 1. The van der Waals surface area contributed by atoms with Crippen molar-refractivity contribution in [2.45, 2.75) is 37.8 Å². The van der Waals surface area contributed by atoms with Crippen LogP contribution in [0.25, 0.3) is 0 Å². The molecule has 2 N–H and O–H groups in total. The molecule has 1 atom stereocenters. The molecule has 94 valence electrons. The summed E-state index contributed by atoms with van der Waals surface area (Å²) in [6, 6.07) is 0.635. The van der Waals surface area contributed by atoms with Gasteiger partial charge in [0.1, 0.15) is 0 Å². The van der Waals surface area contributed by atoms with Crippen molar-refractivity contribution < 1.29 is 9.84 Å². The van der Waals surface area contributed by atoms with Crippen molar-refractivity contribution in [2.24, 2.45) is 5.92 Å². The fourth-order valence-electron chi connectivity index (χ4n) is 2.46.